The van der Waals surface area contributed by atoms with Crippen molar-refractivity contribution in [3.05, 3.63) is 44.9 Å². The molecular formula is C19H21ClFN3O2S. The van der Waals surface area contributed by atoms with E-state index in [9.17, 15) is 4.39 Å². The number of aromatic nitrogens is 1. The van der Waals surface area contributed by atoms with Gasteiger partial charge in [-0.05, 0) is 18.4 Å². The Kier molecular flexibility index (Phi) is 5.11. The number of hydrogen-bond acceptors (Lipinski definition) is 6. The fraction of sp³-hybridized carbons (Fsp3) is 0.421. The number of aryl methyl sites for hydroxylation is 1. The number of thiophene rings is 1. The van der Waals surface area contributed by atoms with E-state index < -0.39 is 5.67 Å². The van der Waals surface area contributed by atoms with Crippen LogP contribution in [0.5, 0.6) is 0 Å². The fourth-order valence-corrected chi connectivity index (χ4v) is 4.17. The van der Waals surface area contributed by atoms with Crippen molar-refractivity contribution in [1.82, 2.24) is 4.98 Å². The first-order valence-electron chi connectivity index (χ1n) is 8.80. The number of nitrogens with zero attached hydrogens (tertiary/aromatic N) is 1. The SMILES string of the molecule is Cc1c(C[C@@H](N)CC2(F)COC2)oc2c(NCc3cccs3)cc(Cl)nc12. The second-order valence-electron chi connectivity index (χ2n) is 7.07. The second kappa shape index (κ2) is 7.39. The van der Waals surface area contributed by atoms with Crippen LogP contribution < -0.4 is 11.1 Å². The van der Waals surface area contributed by atoms with Crippen molar-refractivity contribution in [2.75, 3.05) is 18.5 Å². The molecule has 0 bridgehead atoms. The number of alkyl halides is 1. The molecule has 3 N–H and O–H groups in total. The molecule has 4 rings (SSSR count). The number of halogens is 2. The maximum Gasteiger partial charge on any atom is 0.176 e. The summed E-state index contributed by atoms with van der Waals surface area (Å²) in [6.07, 6.45) is 0.691. The van der Waals surface area contributed by atoms with E-state index in [2.05, 4.69) is 16.4 Å². The molecule has 0 radical (unpaired) electrons. The Bertz CT molecular complexity index is 940. The molecule has 1 fully saturated rings. The minimum absolute atomic E-state index is 0.119. The molecule has 0 unspecified atom stereocenters. The highest BCUT2D eigenvalue weighted by atomic mass is 35.5. The summed E-state index contributed by atoms with van der Waals surface area (Å²) in [5.74, 6) is 0.718. The molecule has 1 aliphatic heterocycles. The first-order chi connectivity index (χ1) is 12.9. The molecule has 5 nitrogen and oxygen atoms in total. The van der Waals surface area contributed by atoms with Gasteiger partial charge in [0.25, 0.3) is 0 Å². The third-order valence-electron chi connectivity index (χ3n) is 4.77. The van der Waals surface area contributed by atoms with Crippen LogP contribution >= 0.6 is 22.9 Å². The molecule has 4 heterocycles. The lowest BCUT2D eigenvalue weighted by molar-refractivity contribution is -0.135. The lowest BCUT2D eigenvalue weighted by Crippen LogP contribution is -2.49. The maximum atomic E-state index is 14.2. The number of nitrogens with one attached hydrogen (secondary N) is 1. The summed E-state index contributed by atoms with van der Waals surface area (Å²) in [5.41, 5.74) is 7.89. The van der Waals surface area contributed by atoms with Crippen LogP contribution in [0, 0.1) is 6.92 Å². The largest absolute Gasteiger partial charge is 0.457 e. The molecule has 8 heteroatoms. The zero-order chi connectivity index (χ0) is 19.0. The predicted octanol–water partition coefficient (Wildman–Crippen LogP) is 4.46. The van der Waals surface area contributed by atoms with Crippen molar-refractivity contribution in [1.29, 1.82) is 0 Å². The summed E-state index contributed by atoms with van der Waals surface area (Å²) in [7, 11) is 0. The lowest BCUT2D eigenvalue weighted by atomic mass is 9.93. The number of furan rings is 1. The maximum absolute atomic E-state index is 14.2. The summed E-state index contributed by atoms with van der Waals surface area (Å²) in [5, 5.41) is 5.79. The van der Waals surface area contributed by atoms with Crippen LogP contribution in [0.1, 0.15) is 22.6 Å². The molecule has 1 aliphatic rings. The minimum atomic E-state index is -1.31. The number of rotatable bonds is 7. The van der Waals surface area contributed by atoms with Gasteiger partial charge in [0, 0.05) is 41.9 Å². The first kappa shape index (κ1) is 18.7. The third-order valence-corrected chi connectivity index (χ3v) is 5.84. The lowest BCUT2D eigenvalue weighted by Gasteiger charge is -2.35. The Hall–Kier alpha value is -1.67. The van der Waals surface area contributed by atoms with Gasteiger partial charge >= 0.3 is 0 Å². The van der Waals surface area contributed by atoms with E-state index >= 15 is 0 Å². The van der Waals surface area contributed by atoms with Gasteiger partial charge in [0.15, 0.2) is 11.3 Å². The molecule has 0 aliphatic carbocycles. The van der Waals surface area contributed by atoms with Crippen LogP contribution in [0.3, 0.4) is 0 Å². The fourth-order valence-electron chi connectivity index (χ4n) is 3.33. The minimum Gasteiger partial charge on any atom is -0.457 e. The quantitative estimate of drug-likeness (QED) is 0.563. The molecule has 0 saturated carbocycles. The predicted molar refractivity (Wildman–Crippen MR) is 106 cm³/mol. The Labute approximate surface area is 165 Å². The van der Waals surface area contributed by atoms with Crippen LogP contribution in [-0.4, -0.2) is 29.9 Å². The molecule has 1 atom stereocenters. The van der Waals surface area contributed by atoms with Crippen molar-refractivity contribution in [2.24, 2.45) is 5.73 Å². The van der Waals surface area contributed by atoms with Crippen LogP contribution in [0.25, 0.3) is 11.1 Å². The van der Waals surface area contributed by atoms with E-state index in [0.29, 0.717) is 29.2 Å². The van der Waals surface area contributed by atoms with Gasteiger partial charge in [0.1, 0.15) is 16.4 Å². The summed E-state index contributed by atoms with van der Waals surface area (Å²) in [4.78, 5) is 5.62. The summed E-state index contributed by atoms with van der Waals surface area (Å²) >= 11 is 7.88. The van der Waals surface area contributed by atoms with Crippen molar-refractivity contribution in [3.8, 4) is 0 Å². The van der Waals surface area contributed by atoms with Gasteiger partial charge in [-0.15, -0.1) is 11.3 Å². The van der Waals surface area contributed by atoms with E-state index in [4.69, 9.17) is 26.5 Å². The highest BCUT2D eigenvalue weighted by molar-refractivity contribution is 7.09. The number of hydrogen-bond donors (Lipinski definition) is 2. The van der Waals surface area contributed by atoms with Gasteiger partial charge in [-0.1, -0.05) is 17.7 Å². The van der Waals surface area contributed by atoms with Crippen molar-refractivity contribution in [3.63, 3.8) is 0 Å². The average molecular weight is 410 g/mol. The number of anilines is 1. The molecule has 3 aromatic heterocycles. The molecule has 1 saturated heterocycles. The van der Waals surface area contributed by atoms with Crippen molar-refractivity contribution < 1.29 is 13.5 Å². The van der Waals surface area contributed by atoms with E-state index in [1.807, 2.05) is 18.4 Å². The van der Waals surface area contributed by atoms with Gasteiger partial charge in [-0.25, -0.2) is 9.37 Å². The highest BCUT2D eigenvalue weighted by Crippen LogP contribution is 2.34. The topological polar surface area (TPSA) is 73.3 Å². The zero-order valence-electron chi connectivity index (χ0n) is 14.9. The average Bonchev–Trinajstić information content (AvgIpc) is 3.21. The van der Waals surface area contributed by atoms with Crippen molar-refractivity contribution >= 4 is 39.7 Å². The molecule has 27 heavy (non-hydrogen) atoms. The molecule has 3 aromatic rings. The zero-order valence-corrected chi connectivity index (χ0v) is 16.5. The summed E-state index contributed by atoms with van der Waals surface area (Å²) < 4.78 is 25.3. The van der Waals surface area contributed by atoms with E-state index in [-0.39, 0.29) is 25.7 Å². The van der Waals surface area contributed by atoms with Crippen LogP contribution in [0.15, 0.2) is 28.0 Å². The van der Waals surface area contributed by atoms with Crippen molar-refractivity contribution in [2.45, 2.75) is 38.0 Å². The Morgan fingerprint density at radius 3 is 2.96 bits per heavy atom. The van der Waals surface area contributed by atoms with Gasteiger partial charge < -0.3 is 20.2 Å². The number of fused-ring (bicyclic) bond motifs is 1. The molecular weight excluding hydrogens is 389 g/mol. The monoisotopic (exact) mass is 409 g/mol. The van der Waals surface area contributed by atoms with Gasteiger partial charge in [0.2, 0.25) is 0 Å². The third kappa shape index (κ3) is 3.96. The normalized spacial score (nSPS) is 17.0. The molecule has 0 spiro atoms. The van der Waals surface area contributed by atoms with E-state index in [0.717, 1.165) is 17.0 Å². The Morgan fingerprint density at radius 1 is 1.48 bits per heavy atom. The van der Waals surface area contributed by atoms with E-state index in [1.54, 1.807) is 17.4 Å². The van der Waals surface area contributed by atoms with Crippen LogP contribution in [0.4, 0.5) is 10.1 Å². The number of nitrogens with two attached hydrogens (primary N) is 1. The Balaban J connectivity index is 1.57. The highest BCUT2D eigenvalue weighted by Gasteiger charge is 2.40. The summed E-state index contributed by atoms with van der Waals surface area (Å²) in [6.45, 7) is 2.84. The molecule has 144 valence electrons. The second-order valence-corrected chi connectivity index (χ2v) is 8.48. The molecule has 0 amide bonds. The standard InChI is InChI=1S/C19H21ClFN3O2S/c1-11-15(5-12(22)7-19(21)9-25-10-19)26-18-14(6-16(20)24-17(11)18)23-8-13-3-2-4-27-13/h2-4,6,12H,5,7-10,22H2,1H3,(H,23,24)/t12-/m1/s1. The van der Waals surface area contributed by atoms with Crippen LogP contribution in [-0.2, 0) is 17.7 Å². The van der Waals surface area contributed by atoms with Gasteiger partial charge in [-0.3, -0.25) is 0 Å². The first-order valence-corrected chi connectivity index (χ1v) is 10.1. The van der Waals surface area contributed by atoms with E-state index in [1.165, 1.54) is 4.88 Å². The van der Waals surface area contributed by atoms with Gasteiger partial charge in [-0.2, -0.15) is 0 Å². The van der Waals surface area contributed by atoms with Gasteiger partial charge in [0.05, 0.1) is 18.9 Å². The summed E-state index contributed by atoms with van der Waals surface area (Å²) in [6, 6.07) is 5.48. The smallest absolute Gasteiger partial charge is 0.176 e. The number of pyridine rings is 1. The molecule has 0 aromatic carbocycles. The Morgan fingerprint density at radius 2 is 2.30 bits per heavy atom. The van der Waals surface area contributed by atoms with Crippen LogP contribution in [0.2, 0.25) is 5.15 Å². The number of ether oxygens (including phenoxy) is 1.